The summed E-state index contributed by atoms with van der Waals surface area (Å²) in [6.45, 7) is 5.80. The maximum atomic E-state index is 11.0. The minimum absolute atomic E-state index is 0.535. The van der Waals surface area contributed by atoms with Gasteiger partial charge in [0.25, 0.3) is 0 Å². The van der Waals surface area contributed by atoms with Crippen LogP contribution in [0.3, 0.4) is 0 Å². The largest absolute Gasteiger partial charge is 0.495 e. The van der Waals surface area contributed by atoms with E-state index in [0.717, 1.165) is 22.3 Å². The number of aryl methyl sites for hydroxylation is 2. The molecular formula is C17H19ClO2. The third-order valence-corrected chi connectivity index (χ3v) is 3.94. The maximum Gasteiger partial charge on any atom is 0.137 e. The highest BCUT2D eigenvalue weighted by molar-refractivity contribution is 6.32. The van der Waals surface area contributed by atoms with E-state index in [1.807, 2.05) is 38.1 Å². The lowest BCUT2D eigenvalue weighted by Crippen LogP contribution is -2.24. The summed E-state index contributed by atoms with van der Waals surface area (Å²) in [7, 11) is 1.57. The number of hydrogen-bond acceptors (Lipinski definition) is 2. The van der Waals surface area contributed by atoms with Gasteiger partial charge in [0.15, 0.2) is 0 Å². The van der Waals surface area contributed by atoms with Crippen LogP contribution in [0.25, 0.3) is 0 Å². The highest BCUT2D eigenvalue weighted by Gasteiger charge is 2.28. The third-order valence-electron chi connectivity index (χ3n) is 3.63. The zero-order valence-electron chi connectivity index (χ0n) is 12.2. The maximum absolute atomic E-state index is 11.0. The van der Waals surface area contributed by atoms with Crippen molar-refractivity contribution in [2.24, 2.45) is 0 Å². The molecule has 2 aromatic rings. The van der Waals surface area contributed by atoms with Crippen LogP contribution in [0.4, 0.5) is 0 Å². The van der Waals surface area contributed by atoms with Crippen molar-refractivity contribution in [3.05, 3.63) is 63.7 Å². The van der Waals surface area contributed by atoms with E-state index in [0.29, 0.717) is 10.8 Å². The van der Waals surface area contributed by atoms with Crippen LogP contribution < -0.4 is 4.74 Å². The van der Waals surface area contributed by atoms with Crippen LogP contribution in [0.1, 0.15) is 29.2 Å². The van der Waals surface area contributed by atoms with Crippen molar-refractivity contribution in [1.82, 2.24) is 0 Å². The van der Waals surface area contributed by atoms with Crippen molar-refractivity contribution in [1.29, 1.82) is 0 Å². The fraction of sp³-hybridized carbons (Fsp3) is 0.294. The normalized spacial score (nSPS) is 13.9. The molecule has 1 N–H and O–H groups in total. The molecular weight excluding hydrogens is 272 g/mol. The van der Waals surface area contributed by atoms with E-state index in [4.69, 9.17) is 16.3 Å². The standard InChI is InChI=1S/C17H19ClO2/c1-11-5-6-12(2)14(9-11)17(3,19)13-7-8-15(18)16(10-13)20-4/h5-10,19H,1-4H3. The summed E-state index contributed by atoms with van der Waals surface area (Å²) < 4.78 is 5.23. The van der Waals surface area contributed by atoms with Crippen LogP contribution >= 0.6 is 11.6 Å². The number of benzene rings is 2. The van der Waals surface area contributed by atoms with Gasteiger partial charge in [0, 0.05) is 0 Å². The Labute approximate surface area is 125 Å². The molecule has 1 unspecified atom stereocenters. The Kier molecular flexibility index (Phi) is 4.07. The monoisotopic (exact) mass is 290 g/mol. The first kappa shape index (κ1) is 14.9. The highest BCUT2D eigenvalue weighted by atomic mass is 35.5. The number of methoxy groups -OCH3 is 1. The molecule has 20 heavy (non-hydrogen) atoms. The lowest BCUT2D eigenvalue weighted by molar-refractivity contribution is 0.101. The van der Waals surface area contributed by atoms with Gasteiger partial charge in [-0.25, -0.2) is 0 Å². The Morgan fingerprint density at radius 2 is 1.80 bits per heavy atom. The predicted octanol–water partition coefficient (Wildman–Crippen LogP) is 4.22. The van der Waals surface area contributed by atoms with Crippen LogP contribution in [0.5, 0.6) is 5.75 Å². The van der Waals surface area contributed by atoms with Gasteiger partial charge in [0.05, 0.1) is 12.1 Å². The smallest absolute Gasteiger partial charge is 0.137 e. The average molecular weight is 291 g/mol. The van der Waals surface area contributed by atoms with Crippen molar-refractivity contribution >= 4 is 11.6 Å². The Morgan fingerprint density at radius 1 is 1.10 bits per heavy atom. The molecule has 0 fully saturated rings. The molecule has 0 aliphatic carbocycles. The summed E-state index contributed by atoms with van der Waals surface area (Å²) >= 11 is 6.04. The number of halogens is 1. The van der Waals surface area contributed by atoms with E-state index in [1.165, 1.54) is 0 Å². The van der Waals surface area contributed by atoms with Crippen LogP contribution in [-0.2, 0) is 5.60 Å². The third kappa shape index (κ3) is 2.67. The molecule has 0 aliphatic rings. The molecule has 1 atom stereocenters. The number of hydrogen-bond donors (Lipinski definition) is 1. The van der Waals surface area contributed by atoms with Gasteiger partial charge in [-0.2, -0.15) is 0 Å². The Balaban J connectivity index is 2.56. The van der Waals surface area contributed by atoms with Crippen molar-refractivity contribution in [3.8, 4) is 5.75 Å². The van der Waals surface area contributed by atoms with Crippen molar-refractivity contribution in [2.75, 3.05) is 7.11 Å². The van der Waals surface area contributed by atoms with E-state index >= 15 is 0 Å². The lowest BCUT2D eigenvalue weighted by Gasteiger charge is -2.27. The van der Waals surface area contributed by atoms with E-state index < -0.39 is 5.60 Å². The van der Waals surface area contributed by atoms with E-state index in [1.54, 1.807) is 26.2 Å². The second-order valence-corrected chi connectivity index (χ2v) is 5.65. The summed E-state index contributed by atoms with van der Waals surface area (Å²) in [5, 5.41) is 11.5. The Hall–Kier alpha value is -1.51. The molecule has 0 heterocycles. The van der Waals surface area contributed by atoms with Gasteiger partial charge >= 0.3 is 0 Å². The minimum Gasteiger partial charge on any atom is -0.495 e. The van der Waals surface area contributed by atoms with Gasteiger partial charge in [-0.15, -0.1) is 0 Å². The van der Waals surface area contributed by atoms with Crippen molar-refractivity contribution in [3.63, 3.8) is 0 Å². The first-order valence-corrected chi connectivity index (χ1v) is 6.88. The second-order valence-electron chi connectivity index (χ2n) is 5.24. The first-order valence-electron chi connectivity index (χ1n) is 6.50. The molecule has 2 rings (SSSR count). The minimum atomic E-state index is -1.09. The van der Waals surface area contributed by atoms with Crippen LogP contribution in [0.2, 0.25) is 5.02 Å². The second kappa shape index (κ2) is 5.47. The molecule has 2 nitrogen and oxygen atoms in total. The average Bonchev–Trinajstić information content (AvgIpc) is 2.41. The van der Waals surface area contributed by atoms with Crippen molar-refractivity contribution in [2.45, 2.75) is 26.4 Å². The van der Waals surface area contributed by atoms with Gasteiger partial charge in [-0.3, -0.25) is 0 Å². The molecule has 0 aromatic heterocycles. The summed E-state index contributed by atoms with van der Waals surface area (Å²) in [6.07, 6.45) is 0. The van der Waals surface area contributed by atoms with Gasteiger partial charge in [-0.05, 0) is 49.6 Å². The lowest BCUT2D eigenvalue weighted by atomic mass is 9.85. The van der Waals surface area contributed by atoms with Gasteiger partial charge < -0.3 is 9.84 Å². The molecule has 3 heteroatoms. The number of rotatable bonds is 3. The molecule has 0 saturated heterocycles. The zero-order valence-corrected chi connectivity index (χ0v) is 13.0. The predicted molar refractivity (Wildman–Crippen MR) is 82.6 cm³/mol. The highest BCUT2D eigenvalue weighted by Crippen LogP contribution is 2.35. The van der Waals surface area contributed by atoms with Gasteiger partial charge in [-0.1, -0.05) is 41.4 Å². The SMILES string of the molecule is COc1cc(C(C)(O)c2cc(C)ccc2C)ccc1Cl. The Morgan fingerprint density at radius 3 is 2.45 bits per heavy atom. The zero-order chi connectivity index (χ0) is 14.9. The summed E-state index contributed by atoms with van der Waals surface area (Å²) in [6, 6.07) is 11.4. The molecule has 106 valence electrons. The van der Waals surface area contributed by atoms with Gasteiger partial charge in [0.1, 0.15) is 11.4 Å². The number of aliphatic hydroxyl groups is 1. The van der Waals surface area contributed by atoms with E-state index in [2.05, 4.69) is 0 Å². The fourth-order valence-electron chi connectivity index (χ4n) is 2.38. The quantitative estimate of drug-likeness (QED) is 0.917. The van der Waals surface area contributed by atoms with Crippen LogP contribution in [0.15, 0.2) is 36.4 Å². The molecule has 0 spiro atoms. The van der Waals surface area contributed by atoms with Crippen molar-refractivity contribution < 1.29 is 9.84 Å². The number of ether oxygens (including phenoxy) is 1. The molecule has 0 saturated carbocycles. The van der Waals surface area contributed by atoms with E-state index in [-0.39, 0.29) is 0 Å². The summed E-state index contributed by atoms with van der Waals surface area (Å²) in [5.74, 6) is 0.565. The fourth-order valence-corrected chi connectivity index (χ4v) is 2.57. The summed E-state index contributed by atoms with van der Waals surface area (Å²) in [4.78, 5) is 0. The molecule has 0 bridgehead atoms. The molecule has 2 aromatic carbocycles. The van der Waals surface area contributed by atoms with E-state index in [9.17, 15) is 5.11 Å². The summed E-state index contributed by atoms with van der Waals surface area (Å²) in [5.41, 5.74) is 2.73. The first-order chi connectivity index (χ1) is 9.36. The molecule has 0 radical (unpaired) electrons. The topological polar surface area (TPSA) is 29.5 Å². The molecule has 0 amide bonds. The molecule has 0 aliphatic heterocycles. The van der Waals surface area contributed by atoms with Crippen LogP contribution in [0, 0.1) is 13.8 Å². The van der Waals surface area contributed by atoms with Gasteiger partial charge in [0.2, 0.25) is 0 Å². The van der Waals surface area contributed by atoms with Crippen LogP contribution in [-0.4, -0.2) is 12.2 Å². The Bertz CT molecular complexity index is 633.